The van der Waals surface area contributed by atoms with Crippen LogP contribution < -0.4 is 9.80 Å². The fourth-order valence-electron chi connectivity index (χ4n) is 3.33. The van der Waals surface area contributed by atoms with Crippen LogP contribution in [0.25, 0.3) is 0 Å². The highest BCUT2D eigenvalue weighted by Gasteiger charge is 2.33. The normalized spacial score (nSPS) is 17.0. The fraction of sp³-hybridized carbons (Fsp3) is 0.444. The Kier molecular flexibility index (Phi) is 3.81. The molecule has 1 amide bonds. The molecule has 2 aliphatic rings. The smallest absolute Gasteiger partial charge is 0.225 e. The predicted octanol–water partition coefficient (Wildman–Crippen LogP) is 3.61. The first kappa shape index (κ1) is 14.7. The summed E-state index contributed by atoms with van der Waals surface area (Å²) in [4.78, 5) is 20.9. The standard InChI is InChI=1S/C18H21N3OS/c1-13(22)21(16-8-9-16)18-19-15(12-23-18)11-20-10-4-6-14-5-2-3-7-17(14)20/h2-3,5,7,12,16H,4,6,8-11H2,1H3. The SMILES string of the molecule is CC(=O)N(c1nc(CN2CCCc3ccccc32)cs1)C1CC1. The number of fused-ring (bicyclic) bond motifs is 1. The third-order valence-electron chi connectivity index (χ3n) is 4.56. The molecule has 0 bridgehead atoms. The van der Waals surface area contributed by atoms with Crippen LogP contribution >= 0.6 is 11.3 Å². The first-order chi connectivity index (χ1) is 11.2. The van der Waals surface area contributed by atoms with E-state index in [0.29, 0.717) is 6.04 Å². The zero-order chi connectivity index (χ0) is 15.8. The topological polar surface area (TPSA) is 36.4 Å². The lowest BCUT2D eigenvalue weighted by atomic mass is 10.0. The van der Waals surface area contributed by atoms with Crippen molar-refractivity contribution in [1.82, 2.24) is 4.98 Å². The van der Waals surface area contributed by atoms with E-state index < -0.39 is 0 Å². The molecule has 0 N–H and O–H groups in total. The molecule has 1 fully saturated rings. The van der Waals surface area contributed by atoms with Gasteiger partial charge < -0.3 is 4.90 Å². The summed E-state index contributed by atoms with van der Waals surface area (Å²) in [5, 5.41) is 2.96. The van der Waals surface area contributed by atoms with Gasteiger partial charge >= 0.3 is 0 Å². The molecular weight excluding hydrogens is 306 g/mol. The van der Waals surface area contributed by atoms with Crippen LogP contribution in [0.15, 0.2) is 29.6 Å². The third kappa shape index (κ3) is 2.98. The maximum atomic E-state index is 11.9. The highest BCUT2D eigenvalue weighted by Crippen LogP contribution is 2.34. The Bertz CT molecular complexity index is 723. The first-order valence-electron chi connectivity index (χ1n) is 8.29. The monoisotopic (exact) mass is 327 g/mol. The van der Waals surface area contributed by atoms with Gasteiger partial charge in [-0.15, -0.1) is 11.3 Å². The minimum Gasteiger partial charge on any atom is -0.365 e. The molecule has 120 valence electrons. The average Bonchev–Trinajstić information content (AvgIpc) is 3.27. The van der Waals surface area contributed by atoms with Gasteiger partial charge in [-0.1, -0.05) is 18.2 Å². The molecule has 0 saturated heterocycles. The second kappa shape index (κ2) is 5.96. The number of carbonyl (C=O) groups is 1. The van der Waals surface area contributed by atoms with Gasteiger partial charge in [-0.3, -0.25) is 9.69 Å². The van der Waals surface area contributed by atoms with Crippen LogP contribution in [0.1, 0.15) is 37.4 Å². The summed E-state index contributed by atoms with van der Waals surface area (Å²) in [6, 6.07) is 9.02. The van der Waals surface area contributed by atoms with E-state index in [1.54, 1.807) is 18.3 Å². The molecule has 0 spiro atoms. The Morgan fingerprint density at radius 1 is 1.39 bits per heavy atom. The van der Waals surface area contributed by atoms with Gasteiger partial charge in [0.2, 0.25) is 5.91 Å². The van der Waals surface area contributed by atoms with Gasteiger partial charge in [-0.2, -0.15) is 0 Å². The zero-order valence-electron chi connectivity index (χ0n) is 13.4. The van der Waals surface area contributed by atoms with Gasteiger partial charge in [0.25, 0.3) is 0 Å². The number of aryl methyl sites for hydroxylation is 1. The average molecular weight is 327 g/mol. The molecule has 4 nitrogen and oxygen atoms in total. The van der Waals surface area contributed by atoms with Crippen LogP contribution in [0.4, 0.5) is 10.8 Å². The summed E-state index contributed by atoms with van der Waals surface area (Å²) in [5.41, 5.74) is 3.82. The number of hydrogen-bond donors (Lipinski definition) is 0. The highest BCUT2D eigenvalue weighted by molar-refractivity contribution is 7.14. The van der Waals surface area contributed by atoms with Crippen molar-refractivity contribution >= 4 is 28.1 Å². The molecule has 2 aromatic rings. The molecule has 1 saturated carbocycles. The fourth-order valence-corrected chi connectivity index (χ4v) is 4.26. The van der Waals surface area contributed by atoms with Crippen LogP contribution in [-0.4, -0.2) is 23.5 Å². The van der Waals surface area contributed by atoms with Crippen molar-refractivity contribution in [3.8, 4) is 0 Å². The number of benzene rings is 1. The van der Waals surface area contributed by atoms with Crippen LogP contribution in [0, 0.1) is 0 Å². The quantitative estimate of drug-likeness (QED) is 0.861. The number of aromatic nitrogens is 1. The molecule has 1 aliphatic heterocycles. The lowest BCUT2D eigenvalue weighted by Gasteiger charge is -2.30. The Morgan fingerprint density at radius 2 is 2.22 bits per heavy atom. The molecule has 2 heterocycles. The van der Waals surface area contributed by atoms with Crippen LogP contribution in [0.2, 0.25) is 0 Å². The van der Waals surface area contributed by atoms with Crippen molar-refractivity contribution in [3.05, 3.63) is 40.9 Å². The number of hydrogen-bond acceptors (Lipinski definition) is 4. The van der Waals surface area contributed by atoms with Gasteiger partial charge in [0.15, 0.2) is 5.13 Å². The van der Waals surface area contributed by atoms with Crippen LogP contribution in [-0.2, 0) is 17.8 Å². The van der Waals surface area contributed by atoms with Crippen molar-refractivity contribution in [2.45, 2.75) is 45.2 Å². The predicted molar refractivity (Wildman–Crippen MR) is 94.1 cm³/mol. The summed E-state index contributed by atoms with van der Waals surface area (Å²) in [6.45, 7) is 3.53. The Labute approximate surface area is 140 Å². The molecule has 1 aromatic carbocycles. The number of carbonyl (C=O) groups excluding carboxylic acids is 1. The molecule has 0 atom stereocenters. The minimum absolute atomic E-state index is 0.108. The van der Waals surface area contributed by atoms with E-state index in [-0.39, 0.29) is 5.91 Å². The largest absolute Gasteiger partial charge is 0.365 e. The van der Waals surface area contributed by atoms with E-state index in [9.17, 15) is 4.79 Å². The van der Waals surface area contributed by atoms with Crippen molar-refractivity contribution in [2.24, 2.45) is 0 Å². The van der Waals surface area contributed by atoms with E-state index in [1.165, 1.54) is 17.7 Å². The number of para-hydroxylation sites is 1. The Hall–Kier alpha value is -1.88. The number of thiazole rings is 1. The Balaban J connectivity index is 1.53. The van der Waals surface area contributed by atoms with Gasteiger partial charge in [0.1, 0.15) is 0 Å². The van der Waals surface area contributed by atoms with Crippen LogP contribution in [0.3, 0.4) is 0 Å². The summed E-state index contributed by atoms with van der Waals surface area (Å²) >= 11 is 1.59. The van der Waals surface area contributed by atoms with Gasteiger partial charge in [0, 0.05) is 30.6 Å². The Morgan fingerprint density at radius 3 is 3.00 bits per heavy atom. The number of nitrogens with zero attached hydrogens (tertiary/aromatic N) is 3. The summed E-state index contributed by atoms with van der Waals surface area (Å²) in [7, 11) is 0. The number of amides is 1. The zero-order valence-corrected chi connectivity index (χ0v) is 14.2. The molecule has 5 heteroatoms. The maximum Gasteiger partial charge on any atom is 0.225 e. The number of anilines is 2. The third-order valence-corrected chi connectivity index (χ3v) is 5.45. The molecular formula is C18H21N3OS. The molecule has 23 heavy (non-hydrogen) atoms. The summed E-state index contributed by atoms with van der Waals surface area (Å²) < 4.78 is 0. The van der Waals surface area contributed by atoms with E-state index in [0.717, 1.165) is 43.2 Å². The molecule has 1 aromatic heterocycles. The van der Waals surface area contributed by atoms with Crippen LogP contribution in [0.5, 0.6) is 0 Å². The van der Waals surface area contributed by atoms with Gasteiger partial charge in [0.05, 0.1) is 12.2 Å². The van der Waals surface area contributed by atoms with Gasteiger partial charge in [-0.25, -0.2) is 4.98 Å². The summed E-state index contributed by atoms with van der Waals surface area (Å²) in [5.74, 6) is 0.108. The van der Waals surface area contributed by atoms with Crippen molar-refractivity contribution in [1.29, 1.82) is 0 Å². The molecule has 1 aliphatic carbocycles. The lowest BCUT2D eigenvalue weighted by Crippen LogP contribution is -2.31. The van der Waals surface area contributed by atoms with Gasteiger partial charge in [-0.05, 0) is 37.3 Å². The first-order valence-corrected chi connectivity index (χ1v) is 9.17. The molecule has 0 unspecified atom stereocenters. The van der Waals surface area contributed by atoms with E-state index >= 15 is 0 Å². The van der Waals surface area contributed by atoms with Crippen molar-refractivity contribution < 1.29 is 4.79 Å². The van der Waals surface area contributed by atoms with E-state index in [4.69, 9.17) is 4.98 Å². The van der Waals surface area contributed by atoms with E-state index in [1.807, 2.05) is 4.90 Å². The highest BCUT2D eigenvalue weighted by atomic mass is 32.1. The molecule has 0 radical (unpaired) electrons. The van der Waals surface area contributed by atoms with Crippen molar-refractivity contribution in [3.63, 3.8) is 0 Å². The minimum atomic E-state index is 0.108. The lowest BCUT2D eigenvalue weighted by molar-refractivity contribution is -0.116. The maximum absolute atomic E-state index is 11.9. The second-order valence-electron chi connectivity index (χ2n) is 6.40. The molecule has 4 rings (SSSR count). The second-order valence-corrected chi connectivity index (χ2v) is 7.23. The van der Waals surface area contributed by atoms with E-state index in [2.05, 4.69) is 34.5 Å². The summed E-state index contributed by atoms with van der Waals surface area (Å²) in [6.07, 6.45) is 4.56. The number of rotatable bonds is 4. The van der Waals surface area contributed by atoms with Crippen molar-refractivity contribution in [2.75, 3.05) is 16.3 Å².